The van der Waals surface area contributed by atoms with Crippen LogP contribution in [-0.2, 0) is 12.8 Å². The minimum Gasteiger partial charge on any atom is -0.330 e. The standard InChI is InChI=1S/C12H15N/c13-7-3-4-10-8-11-5-1-2-6-12(11)9-10/h1-2,4-6H,3,7-9,13H2. The highest BCUT2D eigenvalue weighted by molar-refractivity contribution is 5.40. The van der Waals surface area contributed by atoms with Crippen LogP contribution in [-0.4, -0.2) is 6.54 Å². The molecular formula is C12H15N. The van der Waals surface area contributed by atoms with Gasteiger partial charge in [0.2, 0.25) is 0 Å². The van der Waals surface area contributed by atoms with Crippen LogP contribution in [0.3, 0.4) is 0 Å². The summed E-state index contributed by atoms with van der Waals surface area (Å²) in [6, 6.07) is 8.67. The lowest BCUT2D eigenvalue weighted by Gasteiger charge is -1.93. The maximum atomic E-state index is 5.47. The Morgan fingerprint density at radius 2 is 1.77 bits per heavy atom. The molecular weight excluding hydrogens is 158 g/mol. The van der Waals surface area contributed by atoms with Gasteiger partial charge in [-0.3, -0.25) is 0 Å². The Bertz CT molecular complexity index is 299. The Hall–Kier alpha value is -1.08. The minimum atomic E-state index is 0.764. The molecule has 13 heavy (non-hydrogen) atoms. The van der Waals surface area contributed by atoms with Crippen molar-refractivity contribution in [1.29, 1.82) is 0 Å². The number of benzene rings is 1. The van der Waals surface area contributed by atoms with Crippen molar-refractivity contribution >= 4 is 0 Å². The Labute approximate surface area is 79.3 Å². The van der Waals surface area contributed by atoms with Crippen LogP contribution < -0.4 is 5.73 Å². The summed E-state index contributed by atoms with van der Waals surface area (Å²) in [6.45, 7) is 0.764. The molecule has 1 aliphatic rings. The number of allylic oxidation sites excluding steroid dienone is 1. The van der Waals surface area contributed by atoms with Gasteiger partial charge in [-0.25, -0.2) is 0 Å². The summed E-state index contributed by atoms with van der Waals surface area (Å²) in [7, 11) is 0. The monoisotopic (exact) mass is 173 g/mol. The van der Waals surface area contributed by atoms with E-state index in [1.807, 2.05) is 0 Å². The lowest BCUT2D eigenvalue weighted by Crippen LogP contribution is -1.96. The second kappa shape index (κ2) is 3.75. The first-order chi connectivity index (χ1) is 6.40. The van der Waals surface area contributed by atoms with Gasteiger partial charge in [0.25, 0.3) is 0 Å². The summed E-state index contributed by atoms with van der Waals surface area (Å²) in [6.07, 6.45) is 5.58. The first-order valence-electron chi connectivity index (χ1n) is 4.85. The van der Waals surface area contributed by atoms with Crippen molar-refractivity contribution in [3.8, 4) is 0 Å². The highest BCUT2D eigenvalue weighted by Gasteiger charge is 2.13. The Kier molecular flexibility index (Phi) is 2.46. The maximum Gasteiger partial charge on any atom is -0.00425 e. The first kappa shape index (κ1) is 8.52. The summed E-state index contributed by atoms with van der Waals surface area (Å²) in [5.41, 5.74) is 9.98. The molecule has 1 heteroatoms. The molecule has 1 aliphatic carbocycles. The largest absolute Gasteiger partial charge is 0.330 e. The van der Waals surface area contributed by atoms with E-state index in [9.17, 15) is 0 Å². The molecule has 0 saturated carbocycles. The summed E-state index contributed by atoms with van der Waals surface area (Å²) in [5.74, 6) is 0. The summed E-state index contributed by atoms with van der Waals surface area (Å²) < 4.78 is 0. The highest BCUT2D eigenvalue weighted by atomic mass is 14.5. The molecule has 2 N–H and O–H groups in total. The molecule has 1 nitrogen and oxygen atoms in total. The third kappa shape index (κ3) is 1.81. The van der Waals surface area contributed by atoms with Gasteiger partial charge in [0.1, 0.15) is 0 Å². The van der Waals surface area contributed by atoms with Crippen LogP contribution in [0, 0.1) is 0 Å². The van der Waals surface area contributed by atoms with Gasteiger partial charge in [-0.1, -0.05) is 35.9 Å². The second-order valence-corrected chi connectivity index (χ2v) is 3.56. The van der Waals surface area contributed by atoms with E-state index in [4.69, 9.17) is 5.73 Å². The van der Waals surface area contributed by atoms with E-state index in [-0.39, 0.29) is 0 Å². The van der Waals surface area contributed by atoms with Gasteiger partial charge in [-0.15, -0.1) is 0 Å². The molecule has 0 fully saturated rings. The van der Waals surface area contributed by atoms with Gasteiger partial charge in [0.15, 0.2) is 0 Å². The molecule has 0 aromatic heterocycles. The summed E-state index contributed by atoms with van der Waals surface area (Å²) in [5, 5.41) is 0. The van der Waals surface area contributed by atoms with Gasteiger partial charge in [0, 0.05) is 0 Å². The topological polar surface area (TPSA) is 26.0 Å². The molecule has 0 bridgehead atoms. The third-order valence-electron chi connectivity index (χ3n) is 2.55. The highest BCUT2D eigenvalue weighted by Crippen LogP contribution is 2.25. The molecule has 0 atom stereocenters. The van der Waals surface area contributed by atoms with Gasteiger partial charge in [0.05, 0.1) is 0 Å². The summed E-state index contributed by atoms with van der Waals surface area (Å²) >= 11 is 0. The van der Waals surface area contributed by atoms with E-state index in [0.29, 0.717) is 0 Å². The molecule has 1 aromatic carbocycles. The van der Waals surface area contributed by atoms with Crippen molar-refractivity contribution in [1.82, 2.24) is 0 Å². The van der Waals surface area contributed by atoms with Gasteiger partial charge >= 0.3 is 0 Å². The van der Waals surface area contributed by atoms with Crippen molar-refractivity contribution in [2.75, 3.05) is 6.54 Å². The van der Waals surface area contributed by atoms with Crippen molar-refractivity contribution in [3.63, 3.8) is 0 Å². The zero-order valence-corrected chi connectivity index (χ0v) is 7.79. The van der Waals surface area contributed by atoms with Gasteiger partial charge in [-0.05, 0) is 36.9 Å². The number of fused-ring (bicyclic) bond motifs is 1. The van der Waals surface area contributed by atoms with E-state index in [0.717, 1.165) is 25.8 Å². The molecule has 1 aromatic rings. The van der Waals surface area contributed by atoms with Gasteiger partial charge in [-0.2, -0.15) is 0 Å². The molecule has 0 radical (unpaired) electrons. The Morgan fingerprint density at radius 1 is 1.15 bits per heavy atom. The summed E-state index contributed by atoms with van der Waals surface area (Å²) in [4.78, 5) is 0. The van der Waals surface area contributed by atoms with Crippen LogP contribution in [0.5, 0.6) is 0 Å². The zero-order valence-electron chi connectivity index (χ0n) is 7.79. The van der Waals surface area contributed by atoms with Crippen molar-refractivity contribution in [3.05, 3.63) is 47.0 Å². The fourth-order valence-corrected chi connectivity index (χ4v) is 1.89. The number of hydrogen-bond acceptors (Lipinski definition) is 1. The van der Waals surface area contributed by atoms with Crippen molar-refractivity contribution in [2.45, 2.75) is 19.3 Å². The molecule has 68 valence electrons. The van der Waals surface area contributed by atoms with Crippen LogP contribution in [0.4, 0.5) is 0 Å². The van der Waals surface area contributed by atoms with Crippen LogP contribution >= 0.6 is 0 Å². The number of hydrogen-bond donors (Lipinski definition) is 1. The fraction of sp³-hybridized carbons (Fsp3) is 0.333. The van der Waals surface area contributed by atoms with Crippen LogP contribution in [0.1, 0.15) is 17.5 Å². The smallest absolute Gasteiger partial charge is 0.00425 e. The third-order valence-corrected chi connectivity index (χ3v) is 2.55. The van der Waals surface area contributed by atoms with E-state index in [1.165, 1.54) is 16.7 Å². The van der Waals surface area contributed by atoms with E-state index < -0.39 is 0 Å². The van der Waals surface area contributed by atoms with E-state index in [1.54, 1.807) is 0 Å². The molecule has 0 heterocycles. The minimum absolute atomic E-state index is 0.764. The van der Waals surface area contributed by atoms with Crippen molar-refractivity contribution < 1.29 is 0 Å². The van der Waals surface area contributed by atoms with Gasteiger partial charge < -0.3 is 5.73 Å². The lowest BCUT2D eigenvalue weighted by atomic mass is 10.1. The SMILES string of the molecule is NCCC=C1Cc2ccccc2C1. The Balaban J connectivity index is 2.13. The normalized spacial score (nSPS) is 14.4. The lowest BCUT2D eigenvalue weighted by molar-refractivity contribution is 0.980. The first-order valence-corrected chi connectivity index (χ1v) is 4.85. The molecule has 0 unspecified atom stereocenters. The average Bonchev–Trinajstić information content (AvgIpc) is 2.57. The van der Waals surface area contributed by atoms with E-state index in [2.05, 4.69) is 30.3 Å². The van der Waals surface area contributed by atoms with Crippen LogP contribution in [0.2, 0.25) is 0 Å². The van der Waals surface area contributed by atoms with Crippen LogP contribution in [0.25, 0.3) is 0 Å². The molecule has 0 amide bonds. The zero-order chi connectivity index (χ0) is 9.10. The molecule has 0 aliphatic heterocycles. The molecule has 0 spiro atoms. The maximum absolute atomic E-state index is 5.47. The number of nitrogens with two attached hydrogens (primary N) is 1. The van der Waals surface area contributed by atoms with E-state index >= 15 is 0 Å². The Morgan fingerprint density at radius 3 is 2.31 bits per heavy atom. The fourth-order valence-electron chi connectivity index (χ4n) is 1.89. The quantitative estimate of drug-likeness (QED) is 0.681. The number of rotatable bonds is 2. The predicted octanol–water partition coefficient (Wildman–Crippen LogP) is 2.06. The average molecular weight is 173 g/mol. The van der Waals surface area contributed by atoms with Crippen molar-refractivity contribution in [2.24, 2.45) is 5.73 Å². The molecule has 2 rings (SSSR count). The molecule has 0 saturated heterocycles. The second-order valence-electron chi connectivity index (χ2n) is 3.56. The van der Waals surface area contributed by atoms with Crippen LogP contribution in [0.15, 0.2) is 35.9 Å². The predicted molar refractivity (Wildman–Crippen MR) is 55.6 cm³/mol.